The van der Waals surface area contributed by atoms with Crippen molar-refractivity contribution in [1.29, 1.82) is 0 Å². The van der Waals surface area contributed by atoms with Crippen molar-refractivity contribution in [3.05, 3.63) is 29.6 Å². The van der Waals surface area contributed by atoms with Crippen LogP contribution in [0.25, 0.3) is 0 Å². The lowest BCUT2D eigenvalue weighted by molar-refractivity contribution is 0.0464. The molecule has 2 rings (SSSR count). The number of anilines is 1. The lowest BCUT2D eigenvalue weighted by atomic mass is 9.82. The molecular formula is C16H25FN2O. The van der Waals surface area contributed by atoms with Gasteiger partial charge in [0, 0.05) is 25.8 Å². The van der Waals surface area contributed by atoms with E-state index in [1.54, 1.807) is 6.07 Å². The van der Waals surface area contributed by atoms with Gasteiger partial charge >= 0.3 is 0 Å². The second kappa shape index (κ2) is 7.04. The molecule has 1 aromatic carbocycles. The van der Waals surface area contributed by atoms with E-state index in [4.69, 9.17) is 0 Å². The van der Waals surface area contributed by atoms with Crippen molar-refractivity contribution in [1.82, 2.24) is 5.32 Å². The summed E-state index contributed by atoms with van der Waals surface area (Å²) in [7, 11) is 2.04. The van der Waals surface area contributed by atoms with E-state index in [2.05, 4.69) is 17.1 Å². The summed E-state index contributed by atoms with van der Waals surface area (Å²) in [6.07, 6.45) is 2.72. The molecule has 2 N–H and O–H groups in total. The van der Waals surface area contributed by atoms with Crippen LogP contribution >= 0.6 is 0 Å². The van der Waals surface area contributed by atoms with Crippen molar-refractivity contribution in [3.63, 3.8) is 0 Å². The first-order chi connectivity index (χ1) is 9.60. The van der Waals surface area contributed by atoms with Gasteiger partial charge in [0.25, 0.3) is 0 Å². The van der Waals surface area contributed by atoms with Crippen molar-refractivity contribution in [2.45, 2.75) is 38.8 Å². The average molecular weight is 280 g/mol. The number of halogens is 1. The Kier molecular flexibility index (Phi) is 5.38. The molecule has 0 spiro atoms. The highest BCUT2D eigenvalue weighted by Gasteiger charge is 2.28. The molecule has 1 aromatic rings. The minimum atomic E-state index is -0.186. The van der Waals surface area contributed by atoms with Crippen LogP contribution in [-0.4, -0.2) is 31.3 Å². The number of hydrogen-bond donors (Lipinski definition) is 2. The summed E-state index contributed by atoms with van der Waals surface area (Å²) in [5, 5.41) is 12.7. The topological polar surface area (TPSA) is 35.5 Å². The highest BCUT2D eigenvalue weighted by molar-refractivity contribution is 5.53. The molecule has 1 aliphatic carbocycles. The van der Waals surface area contributed by atoms with Gasteiger partial charge in [0.05, 0.1) is 6.10 Å². The Hall–Kier alpha value is -1.13. The molecule has 0 aliphatic heterocycles. The predicted molar refractivity (Wildman–Crippen MR) is 80.4 cm³/mol. The molecular weight excluding hydrogens is 255 g/mol. The van der Waals surface area contributed by atoms with E-state index in [1.165, 1.54) is 6.07 Å². The van der Waals surface area contributed by atoms with Gasteiger partial charge in [-0.1, -0.05) is 6.92 Å². The quantitative estimate of drug-likeness (QED) is 0.753. The van der Waals surface area contributed by atoms with Crippen LogP contribution in [0.5, 0.6) is 0 Å². The Morgan fingerprint density at radius 1 is 1.40 bits per heavy atom. The summed E-state index contributed by atoms with van der Waals surface area (Å²) in [6.45, 7) is 4.67. The third-order valence-corrected chi connectivity index (χ3v) is 3.94. The summed E-state index contributed by atoms with van der Waals surface area (Å²) in [6, 6.07) is 4.99. The molecule has 1 fully saturated rings. The van der Waals surface area contributed by atoms with E-state index in [0.29, 0.717) is 12.5 Å². The van der Waals surface area contributed by atoms with Gasteiger partial charge in [-0.3, -0.25) is 0 Å². The molecule has 1 saturated carbocycles. The molecule has 0 aromatic heterocycles. The Balaban J connectivity index is 2.00. The number of aliphatic hydroxyl groups excluding tert-OH is 1. The maximum atomic E-state index is 13.4. The highest BCUT2D eigenvalue weighted by Crippen LogP contribution is 2.30. The van der Waals surface area contributed by atoms with Gasteiger partial charge in [0.15, 0.2) is 0 Å². The first kappa shape index (κ1) is 15.3. The summed E-state index contributed by atoms with van der Waals surface area (Å²) < 4.78 is 13.4. The maximum Gasteiger partial charge on any atom is 0.123 e. The fraction of sp³-hybridized carbons (Fsp3) is 0.625. The molecule has 0 unspecified atom stereocenters. The van der Waals surface area contributed by atoms with Crippen LogP contribution in [0.15, 0.2) is 18.2 Å². The van der Waals surface area contributed by atoms with Crippen LogP contribution in [0.1, 0.15) is 31.7 Å². The van der Waals surface area contributed by atoms with Gasteiger partial charge < -0.3 is 15.3 Å². The van der Waals surface area contributed by atoms with E-state index in [1.807, 2.05) is 13.1 Å². The molecule has 0 amide bonds. The van der Waals surface area contributed by atoms with Crippen molar-refractivity contribution in [3.8, 4) is 0 Å². The third-order valence-electron chi connectivity index (χ3n) is 3.94. The Morgan fingerprint density at radius 2 is 2.15 bits per heavy atom. The number of aliphatic hydroxyl groups is 1. The van der Waals surface area contributed by atoms with Gasteiger partial charge in [-0.2, -0.15) is 0 Å². The molecule has 4 heteroatoms. The second-order valence-corrected chi connectivity index (χ2v) is 5.82. The zero-order valence-electron chi connectivity index (χ0n) is 12.4. The highest BCUT2D eigenvalue weighted by atomic mass is 19.1. The van der Waals surface area contributed by atoms with E-state index in [-0.39, 0.29) is 11.9 Å². The van der Waals surface area contributed by atoms with Crippen molar-refractivity contribution in [2.75, 3.05) is 25.0 Å². The largest absolute Gasteiger partial charge is 0.393 e. The normalized spacial score (nSPS) is 21.6. The van der Waals surface area contributed by atoms with Gasteiger partial charge in [0.2, 0.25) is 0 Å². The predicted octanol–water partition coefficient (Wildman–Crippen LogP) is 2.53. The van der Waals surface area contributed by atoms with E-state index >= 15 is 0 Å². The number of benzene rings is 1. The smallest absolute Gasteiger partial charge is 0.123 e. The molecule has 0 radical (unpaired) electrons. The average Bonchev–Trinajstić information content (AvgIpc) is 2.37. The number of rotatable bonds is 7. The summed E-state index contributed by atoms with van der Waals surface area (Å²) in [5.74, 6) is 0.367. The van der Waals surface area contributed by atoms with Crippen molar-refractivity contribution >= 4 is 5.69 Å². The lowest BCUT2D eigenvalue weighted by Gasteiger charge is -2.35. The minimum absolute atomic E-state index is 0.118. The Morgan fingerprint density at radius 3 is 2.80 bits per heavy atom. The van der Waals surface area contributed by atoms with Crippen LogP contribution in [0.2, 0.25) is 0 Å². The summed E-state index contributed by atoms with van der Waals surface area (Å²) in [5.41, 5.74) is 2.08. The van der Waals surface area contributed by atoms with Crippen LogP contribution < -0.4 is 10.2 Å². The third kappa shape index (κ3) is 3.93. The van der Waals surface area contributed by atoms with Crippen molar-refractivity contribution < 1.29 is 9.50 Å². The first-order valence-corrected chi connectivity index (χ1v) is 7.48. The Labute approximate surface area is 120 Å². The van der Waals surface area contributed by atoms with Gasteiger partial charge in [-0.15, -0.1) is 0 Å². The lowest BCUT2D eigenvalue weighted by Crippen LogP contribution is -2.37. The SMILES string of the molecule is CCCNCc1cc(F)ccc1N(C)CC1CC(O)C1. The van der Waals surface area contributed by atoms with E-state index in [0.717, 1.165) is 43.6 Å². The standard InChI is InChI=1S/C16H25FN2O/c1-3-6-18-10-13-9-14(17)4-5-16(13)19(2)11-12-7-15(20)8-12/h4-5,9,12,15,18,20H,3,6-8,10-11H2,1-2H3. The van der Waals surface area contributed by atoms with Crippen LogP contribution in [-0.2, 0) is 6.54 Å². The molecule has 3 nitrogen and oxygen atoms in total. The fourth-order valence-electron chi connectivity index (χ4n) is 2.80. The van der Waals surface area contributed by atoms with Gasteiger partial charge in [-0.25, -0.2) is 4.39 Å². The zero-order valence-corrected chi connectivity index (χ0v) is 12.4. The number of nitrogens with one attached hydrogen (secondary N) is 1. The Bertz CT molecular complexity index is 432. The maximum absolute atomic E-state index is 13.4. The van der Waals surface area contributed by atoms with Gasteiger partial charge in [-0.05, 0) is 55.5 Å². The summed E-state index contributed by atoms with van der Waals surface area (Å²) in [4.78, 5) is 2.18. The second-order valence-electron chi connectivity index (χ2n) is 5.82. The van der Waals surface area contributed by atoms with E-state index in [9.17, 15) is 9.50 Å². The summed E-state index contributed by atoms with van der Waals surface area (Å²) >= 11 is 0. The molecule has 0 bridgehead atoms. The van der Waals surface area contributed by atoms with E-state index < -0.39 is 0 Å². The molecule has 0 heterocycles. The van der Waals surface area contributed by atoms with Crippen LogP contribution in [0, 0.1) is 11.7 Å². The molecule has 0 saturated heterocycles. The monoisotopic (exact) mass is 280 g/mol. The van der Waals surface area contributed by atoms with Crippen molar-refractivity contribution in [2.24, 2.45) is 5.92 Å². The molecule has 20 heavy (non-hydrogen) atoms. The first-order valence-electron chi connectivity index (χ1n) is 7.48. The number of hydrogen-bond acceptors (Lipinski definition) is 3. The molecule has 112 valence electrons. The molecule has 1 aliphatic rings. The van der Waals surface area contributed by atoms with Gasteiger partial charge in [0.1, 0.15) is 5.82 Å². The zero-order chi connectivity index (χ0) is 14.5. The number of nitrogens with zero attached hydrogens (tertiary/aromatic N) is 1. The fourth-order valence-corrected chi connectivity index (χ4v) is 2.80. The van der Waals surface area contributed by atoms with Crippen LogP contribution in [0.3, 0.4) is 0 Å². The molecule has 0 atom stereocenters. The minimum Gasteiger partial charge on any atom is -0.393 e. The van der Waals surface area contributed by atoms with Crippen LogP contribution in [0.4, 0.5) is 10.1 Å².